The number of para-hydroxylation sites is 2. The van der Waals surface area contributed by atoms with E-state index < -0.39 is 22.0 Å². The van der Waals surface area contributed by atoms with Crippen LogP contribution in [0.25, 0.3) is 5.69 Å². The molecule has 39 heavy (non-hydrogen) atoms. The van der Waals surface area contributed by atoms with Crippen molar-refractivity contribution in [3.05, 3.63) is 107 Å². The van der Waals surface area contributed by atoms with Crippen LogP contribution >= 0.6 is 0 Å². The first-order valence-electron chi connectivity index (χ1n) is 12.5. The van der Waals surface area contributed by atoms with Crippen LogP contribution in [-0.4, -0.2) is 37.4 Å². The minimum absolute atomic E-state index is 0.339. The second kappa shape index (κ2) is 11.6. The quantitative estimate of drug-likeness (QED) is 0.222. The number of carbonyl (C=O) groups excluding carboxylic acids is 1. The van der Waals surface area contributed by atoms with Crippen molar-refractivity contribution in [3.63, 3.8) is 0 Å². The number of amides is 1. The van der Waals surface area contributed by atoms with Crippen molar-refractivity contribution in [2.45, 2.75) is 33.7 Å². The van der Waals surface area contributed by atoms with Crippen LogP contribution in [0.2, 0.25) is 0 Å². The molecule has 1 amide bonds. The number of hydrazone groups is 1. The zero-order valence-electron chi connectivity index (χ0n) is 22.6. The van der Waals surface area contributed by atoms with Crippen LogP contribution in [0.1, 0.15) is 29.4 Å². The average molecular weight is 545 g/mol. The topological polar surface area (TPSA) is 93.0 Å². The van der Waals surface area contributed by atoms with Crippen molar-refractivity contribution in [2.24, 2.45) is 5.10 Å². The minimum atomic E-state index is -3.78. The molecule has 9 heteroatoms. The Bertz CT molecular complexity index is 1590. The Morgan fingerprint density at radius 3 is 2.21 bits per heavy atom. The Labute approximate surface area is 229 Å². The van der Waals surface area contributed by atoms with Gasteiger partial charge in [0, 0.05) is 22.6 Å². The molecule has 0 aliphatic heterocycles. The third-order valence-corrected chi connectivity index (χ3v) is 7.61. The molecule has 3 aromatic carbocycles. The lowest BCUT2D eigenvalue weighted by molar-refractivity contribution is -0.121. The summed E-state index contributed by atoms with van der Waals surface area (Å²) in [5.74, 6) is 0.646. The van der Waals surface area contributed by atoms with Gasteiger partial charge in [-0.3, -0.25) is 9.10 Å². The van der Waals surface area contributed by atoms with Gasteiger partial charge in [-0.25, -0.2) is 13.8 Å². The third-order valence-electron chi connectivity index (χ3n) is 6.36. The first-order chi connectivity index (χ1) is 18.6. The lowest BCUT2D eigenvalue weighted by atomic mass is 10.2. The van der Waals surface area contributed by atoms with E-state index in [2.05, 4.69) is 34.2 Å². The highest BCUT2D eigenvalue weighted by molar-refractivity contribution is 7.92. The second-order valence-electron chi connectivity index (χ2n) is 9.33. The summed E-state index contributed by atoms with van der Waals surface area (Å²) in [5.41, 5.74) is 7.91. The normalized spacial score (nSPS) is 12.3. The van der Waals surface area contributed by atoms with Gasteiger partial charge >= 0.3 is 0 Å². The van der Waals surface area contributed by atoms with Gasteiger partial charge in [-0.15, -0.1) is 0 Å². The third kappa shape index (κ3) is 6.38. The fraction of sp³-hybridized carbons (Fsp3) is 0.200. The largest absolute Gasteiger partial charge is 0.457 e. The van der Waals surface area contributed by atoms with E-state index in [0.717, 1.165) is 38.8 Å². The number of ether oxygens (including phenoxy) is 1. The van der Waals surface area contributed by atoms with Gasteiger partial charge < -0.3 is 9.30 Å². The number of sulfonamides is 1. The molecule has 1 aromatic heterocycles. The van der Waals surface area contributed by atoms with E-state index in [9.17, 15) is 13.2 Å². The number of anilines is 1. The number of rotatable bonds is 9. The monoisotopic (exact) mass is 544 g/mol. The number of carbonyl (C=O) groups is 1. The first-order valence-corrected chi connectivity index (χ1v) is 14.3. The zero-order chi connectivity index (χ0) is 28.2. The van der Waals surface area contributed by atoms with E-state index in [0.29, 0.717) is 17.2 Å². The highest BCUT2D eigenvalue weighted by atomic mass is 32.2. The van der Waals surface area contributed by atoms with Crippen LogP contribution in [0.4, 0.5) is 5.69 Å². The predicted molar refractivity (Wildman–Crippen MR) is 155 cm³/mol. The van der Waals surface area contributed by atoms with Gasteiger partial charge in [0.1, 0.15) is 17.5 Å². The Kier molecular flexibility index (Phi) is 8.21. The number of benzene rings is 3. The van der Waals surface area contributed by atoms with E-state index in [1.54, 1.807) is 30.5 Å². The number of nitrogens with one attached hydrogen (secondary N) is 1. The van der Waals surface area contributed by atoms with E-state index in [4.69, 9.17) is 4.74 Å². The molecule has 0 saturated heterocycles. The molecule has 1 atom stereocenters. The smallest absolute Gasteiger partial charge is 0.263 e. The van der Waals surface area contributed by atoms with Crippen LogP contribution in [0.3, 0.4) is 0 Å². The van der Waals surface area contributed by atoms with Gasteiger partial charge in [-0.1, -0.05) is 36.4 Å². The Balaban J connectivity index is 1.49. The number of aryl methyl sites for hydroxylation is 2. The Morgan fingerprint density at radius 2 is 1.56 bits per heavy atom. The Hall–Kier alpha value is -4.37. The Morgan fingerprint density at radius 1 is 0.949 bits per heavy atom. The summed E-state index contributed by atoms with van der Waals surface area (Å²) < 4.78 is 34.3. The lowest BCUT2D eigenvalue weighted by Crippen LogP contribution is -2.46. The summed E-state index contributed by atoms with van der Waals surface area (Å²) in [6.45, 7) is 7.57. The van der Waals surface area contributed by atoms with Crippen LogP contribution < -0.4 is 14.5 Å². The molecule has 1 N–H and O–H groups in total. The molecule has 4 aromatic rings. The molecule has 0 saturated carbocycles. The summed E-state index contributed by atoms with van der Waals surface area (Å²) in [7, 11) is -3.78. The molecule has 4 rings (SSSR count). The summed E-state index contributed by atoms with van der Waals surface area (Å²) in [6, 6.07) is 24.8. The van der Waals surface area contributed by atoms with Gasteiger partial charge in [0.25, 0.3) is 5.91 Å². The molecule has 0 unspecified atom stereocenters. The molecule has 0 aliphatic carbocycles. The number of nitrogens with zero attached hydrogens (tertiary/aromatic N) is 3. The van der Waals surface area contributed by atoms with Gasteiger partial charge in [-0.2, -0.15) is 5.10 Å². The molecule has 202 valence electrons. The standard InChI is InChI=1S/C30H32N4O4S/c1-21-11-9-10-14-29(21)33-22(2)19-25(23(33)3)20-31-32-30(35)24(4)34(39(5,36)37)26-15-17-28(18-16-26)38-27-12-7-6-8-13-27/h6-20,24H,1-5H3,(H,32,35)/b31-20-/t24-/m0/s1. The van der Waals surface area contributed by atoms with Crippen molar-refractivity contribution in [1.29, 1.82) is 0 Å². The minimum Gasteiger partial charge on any atom is -0.457 e. The van der Waals surface area contributed by atoms with E-state index in [1.807, 2.05) is 62.4 Å². The van der Waals surface area contributed by atoms with Gasteiger partial charge in [-0.05, 0) is 81.8 Å². The number of aromatic nitrogens is 1. The second-order valence-corrected chi connectivity index (χ2v) is 11.2. The van der Waals surface area contributed by atoms with Crippen LogP contribution in [0, 0.1) is 20.8 Å². The molecule has 0 fully saturated rings. The fourth-order valence-electron chi connectivity index (χ4n) is 4.46. The van der Waals surface area contributed by atoms with Gasteiger partial charge in [0.2, 0.25) is 10.0 Å². The number of hydrogen-bond donors (Lipinski definition) is 1. The highest BCUT2D eigenvalue weighted by Gasteiger charge is 2.29. The van der Waals surface area contributed by atoms with E-state index in [-0.39, 0.29) is 0 Å². The van der Waals surface area contributed by atoms with E-state index >= 15 is 0 Å². The maximum atomic E-state index is 13.0. The predicted octanol–water partition coefficient (Wildman–Crippen LogP) is 5.50. The summed E-state index contributed by atoms with van der Waals surface area (Å²) in [4.78, 5) is 13.0. The van der Waals surface area contributed by atoms with Crippen LogP contribution in [0.15, 0.2) is 90.0 Å². The SMILES string of the molecule is Cc1ccccc1-n1c(C)cc(/C=N\NC(=O)[C@H](C)N(c2ccc(Oc3ccccc3)cc2)S(C)(=O)=O)c1C. The van der Waals surface area contributed by atoms with Crippen molar-refractivity contribution in [3.8, 4) is 17.2 Å². The first kappa shape index (κ1) is 27.7. The molecule has 0 spiro atoms. The van der Waals surface area contributed by atoms with Crippen molar-refractivity contribution >= 4 is 27.8 Å². The molecule has 8 nitrogen and oxygen atoms in total. The molecule has 0 bridgehead atoms. The molecule has 0 aliphatic rings. The zero-order valence-corrected chi connectivity index (χ0v) is 23.4. The van der Waals surface area contributed by atoms with Crippen molar-refractivity contribution in [2.75, 3.05) is 10.6 Å². The van der Waals surface area contributed by atoms with E-state index in [1.165, 1.54) is 6.92 Å². The van der Waals surface area contributed by atoms with Crippen LogP contribution in [-0.2, 0) is 14.8 Å². The molecule has 1 heterocycles. The van der Waals surface area contributed by atoms with Gasteiger partial charge in [0.05, 0.1) is 18.2 Å². The molecular weight excluding hydrogens is 512 g/mol. The van der Waals surface area contributed by atoms with Crippen molar-refractivity contribution in [1.82, 2.24) is 9.99 Å². The summed E-state index contributed by atoms with van der Waals surface area (Å²) in [5, 5.41) is 4.13. The highest BCUT2D eigenvalue weighted by Crippen LogP contribution is 2.27. The average Bonchev–Trinajstić information content (AvgIpc) is 3.17. The maximum Gasteiger partial charge on any atom is 0.263 e. The summed E-state index contributed by atoms with van der Waals surface area (Å²) >= 11 is 0. The van der Waals surface area contributed by atoms with Crippen LogP contribution in [0.5, 0.6) is 11.5 Å². The fourth-order valence-corrected chi connectivity index (χ4v) is 5.63. The molecule has 0 radical (unpaired) electrons. The lowest BCUT2D eigenvalue weighted by Gasteiger charge is -2.27. The number of hydrogen-bond acceptors (Lipinski definition) is 5. The molecular formula is C30H32N4O4S. The van der Waals surface area contributed by atoms with Crippen molar-refractivity contribution < 1.29 is 17.9 Å². The summed E-state index contributed by atoms with van der Waals surface area (Å²) in [6.07, 6.45) is 2.64. The maximum absolute atomic E-state index is 13.0. The van der Waals surface area contributed by atoms with Gasteiger partial charge in [0.15, 0.2) is 0 Å².